The molecule has 2 aromatic heterocycles. The minimum atomic E-state index is -0.295. The second-order valence-electron chi connectivity index (χ2n) is 7.92. The van der Waals surface area contributed by atoms with Gasteiger partial charge in [0.2, 0.25) is 0 Å². The first-order valence-electron chi connectivity index (χ1n) is 10.3. The summed E-state index contributed by atoms with van der Waals surface area (Å²) in [5.74, 6) is 1.33. The highest BCUT2D eigenvalue weighted by molar-refractivity contribution is 7.16. The maximum Gasteiger partial charge on any atom is 0.319 e. The number of fused-ring (bicyclic) bond motifs is 3. The number of benzene rings is 1. The van der Waals surface area contributed by atoms with E-state index in [2.05, 4.69) is 33.8 Å². The Morgan fingerprint density at radius 2 is 2.23 bits per heavy atom. The number of nitrogen functional groups attached to an aromatic ring is 1. The summed E-state index contributed by atoms with van der Waals surface area (Å²) in [4.78, 5) is 19.0. The summed E-state index contributed by atoms with van der Waals surface area (Å²) < 4.78 is 0. The average molecular weight is 430 g/mol. The summed E-state index contributed by atoms with van der Waals surface area (Å²) in [5, 5.41) is 13.5. The maximum atomic E-state index is 12.4. The molecule has 2 atom stereocenters. The number of nitrogens with one attached hydrogen (secondary N) is 3. The Labute approximate surface area is 184 Å². The molecule has 1 aromatic carbocycles. The molecule has 7 heteroatoms. The van der Waals surface area contributed by atoms with Gasteiger partial charge in [-0.2, -0.15) is 0 Å². The molecule has 3 aromatic rings. The second-order valence-corrected chi connectivity index (χ2v) is 9.00. The van der Waals surface area contributed by atoms with Crippen LogP contribution >= 0.6 is 11.3 Å². The Kier molecular flexibility index (Phi) is 5.03. The molecule has 0 saturated heterocycles. The molecule has 5 rings (SSSR count). The van der Waals surface area contributed by atoms with E-state index in [4.69, 9.17) is 11.1 Å². The summed E-state index contributed by atoms with van der Waals surface area (Å²) in [6.45, 7) is 0.481. The molecule has 0 spiro atoms. The highest BCUT2D eigenvalue weighted by Gasteiger charge is 2.40. The molecule has 2 heterocycles. The van der Waals surface area contributed by atoms with Gasteiger partial charge in [0, 0.05) is 63.3 Å². The summed E-state index contributed by atoms with van der Waals surface area (Å²) in [5.41, 5.74) is 11.3. The fourth-order valence-electron chi connectivity index (χ4n) is 4.06. The number of carbonyl (C=O) groups is 1. The highest BCUT2D eigenvalue weighted by atomic mass is 32.1. The Bertz CT molecular complexity index is 1180. The van der Waals surface area contributed by atoms with Crippen LogP contribution in [-0.2, 0) is 6.42 Å². The molecule has 5 N–H and O–H groups in total. The quantitative estimate of drug-likeness (QED) is 0.331. The van der Waals surface area contributed by atoms with Gasteiger partial charge in [0.25, 0.3) is 0 Å². The number of rotatable bonds is 6. The van der Waals surface area contributed by atoms with Gasteiger partial charge in [-0.05, 0) is 60.2 Å². The van der Waals surface area contributed by atoms with Crippen LogP contribution in [0.5, 0.6) is 0 Å². The minimum absolute atomic E-state index is 0.295. The molecular formula is C24H23N5OS. The van der Waals surface area contributed by atoms with Crippen molar-refractivity contribution in [3.05, 3.63) is 70.4 Å². The molecule has 31 heavy (non-hydrogen) atoms. The monoisotopic (exact) mass is 429 g/mol. The number of nitrogens with zero attached hydrogens (tertiary/aromatic N) is 1. The van der Waals surface area contributed by atoms with Crippen molar-refractivity contribution in [3.63, 3.8) is 0 Å². The van der Waals surface area contributed by atoms with Gasteiger partial charge in [-0.15, -0.1) is 11.3 Å². The average Bonchev–Trinajstić information content (AvgIpc) is 3.45. The molecule has 1 saturated carbocycles. The lowest BCUT2D eigenvalue weighted by atomic mass is 10.0. The molecule has 2 aliphatic carbocycles. The number of aromatic nitrogens is 1. The maximum absolute atomic E-state index is 12.4. The van der Waals surface area contributed by atoms with Gasteiger partial charge < -0.3 is 21.8 Å². The number of anilines is 2. The van der Waals surface area contributed by atoms with Crippen molar-refractivity contribution in [3.8, 4) is 10.4 Å². The van der Waals surface area contributed by atoms with Crippen molar-refractivity contribution in [2.24, 2.45) is 5.92 Å². The number of pyridine rings is 1. The number of hydrogen-bond donors (Lipinski definition) is 4. The van der Waals surface area contributed by atoms with Gasteiger partial charge in [0.1, 0.15) is 0 Å². The molecule has 2 unspecified atom stereocenters. The lowest BCUT2D eigenvalue weighted by Gasteiger charge is -2.13. The van der Waals surface area contributed by atoms with Crippen LogP contribution in [0, 0.1) is 11.3 Å². The zero-order valence-corrected chi connectivity index (χ0v) is 17.7. The van der Waals surface area contributed by atoms with Gasteiger partial charge in [-0.25, -0.2) is 4.79 Å². The molecule has 2 aliphatic rings. The van der Waals surface area contributed by atoms with Crippen molar-refractivity contribution in [1.82, 2.24) is 10.3 Å². The number of nitrogens with two attached hydrogens (primary N) is 1. The van der Waals surface area contributed by atoms with Crippen molar-refractivity contribution >= 4 is 41.0 Å². The van der Waals surface area contributed by atoms with E-state index < -0.39 is 0 Å². The van der Waals surface area contributed by atoms with Gasteiger partial charge >= 0.3 is 6.03 Å². The number of amides is 2. The smallest absolute Gasteiger partial charge is 0.319 e. The van der Waals surface area contributed by atoms with Crippen molar-refractivity contribution in [1.29, 1.82) is 5.41 Å². The molecule has 0 aliphatic heterocycles. The third kappa shape index (κ3) is 3.96. The molecule has 1 fully saturated rings. The van der Waals surface area contributed by atoms with Gasteiger partial charge in [0.05, 0.1) is 0 Å². The third-order valence-corrected chi connectivity index (χ3v) is 6.96. The standard InChI is InChI=1S/C24H23N5OS/c25-13-15-9-17(29-24(30)28-8-6-16-3-1-2-7-27-16)11-20(23(15)26)22-12-19-18-10-14(18)4-5-21(19)31-22/h1-5,7,9,11-14,18,25H,6,8,10,26H2,(H2,28,29,30). The summed E-state index contributed by atoms with van der Waals surface area (Å²) >= 11 is 1.71. The van der Waals surface area contributed by atoms with Crippen LogP contribution in [0.1, 0.15) is 34.0 Å². The molecule has 0 radical (unpaired) electrons. The third-order valence-electron chi connectivity index (χ3n) is 5.81. The molecule has 6 nitrogen and oxygen atoms in total. The van der Waals surface area contributed by atoms with Crippen molar-refractivity contribution < 1.29 is 4.79 Å². The van der Waals surface area contributed by atoms with E-state index >= 15 is 0 Å². The first-order valence-corrected chi connectivity index (χ1v) is 11.1. The minimum Gasteiger partial charge on any atom is -0.398 e. The van der Waals surface area contributed by atoms with E-state index in [1.54, 1.807) is 23.6 Å². The fourth-order valence-corrected chi connectivity index (χ4v) is 5.24. The summed E-state index contributed by atoms with van der Waals surface area (Å²) in [6.07, 6.45) is 9.36. The van der Waals surface area contributed by atoms with E-state index in [0.717, 1.165) is 16.1 Å². The lowest BCUT2D eigenvalue weighted by molar-refractivity contribution is 0.252. The number of urea groups is 1. The van der Waals surface area contributed by atoms with E-state index in [1.165, 1.54) is 23.1 Å². The van der Waals surface area contributed by atoms with Crippen LogP contribution in [0.15, 0.2) is 48.7 Å². The normalized spacial score (nSPS) is 18.1. The topological polar surface area (TPSA) is 104 Å². The van der Waals surface area contributed by atoms with Gasteiger partial charge in [-0.3, -0.25) is 4.98 Å². The fraction of sp³-hybridized carbons (Fsp3) is 0.208. The van der Waals surface area contributed by atoms with E-state index in [0.29, 0.717) is 41.7 Å². The van der Waals surface area contributed by atoms with E-state index in [-0.39, 0.29) is 6.03 Å². The van der Waals surface area contributed by atoms with Crippen molar-refractivity contribution in [2.45, 2.75) is 18.8 Å². The Hall–Kier alpha value is -3.45. The Morgan fingerprint density at radius 1 is 1.32 bits per heavy atom. The van der Waals surface area contributed by atoms with Crippen LogP contribution in [0.4, 0.5) is 16.2 Å². The SMILES string of the molecule is N=Cc1cc(NC(=O)NCCc2ccccn2)cc(-c2cc3c(s2)C=CC2CC32)c1N. The molecule has 156 valence electrons. The number of carbonyl (C=O) groups excluding carboxylic acids is 1. The van der Waals surface area contributed by atoms with Crippen LogP contribution in [0.25, 0.3) is 16.5 Å². The van der Waals surface area contributed by atoms with Gasteiger partial charge in [-0.1, -0.05) is 12.1 Å². The second kappa shape index (κ2) is 8.00. The predicted molar refractivity (Wildman–Crippen MR) is 127 cm³/mol. The Morgan fingerprint density at radius 3 is 3.03 bits per heavy atom. The predicted octanol–water partition coefficient (Wildman–Crippen LogP) is 4.88. The van der Waals surface area contributed by atoms with E-state index in [1.807, 2.05) is 24.3 Å². The first-order chi connectivity index (χ1) is 15.1. The largest absolute Gasteiger partial charge is 0.398 e. The summed E-state index contributed by atoms with van der Waals surface area (Å²) in [6, 6.07) is 11.3. The Balaban J connectivity index is 1.33. The zero-order chi connectivity index (χ0) is 21.4. The number of hydrogen-bond acceptors (Lipinski definition) is 5. The van der Waals surface area contributed by atoms with E-state index in [9.17, 15) is 4.79 Å². The first kappa shape index (κ1) is 19.5. The molecule has 0 bridgehead atoms. The highest BCUT2D eigenvalue weighted by Crippen LogP contribution is 2.55. The molecule has 2 amide bonds. The lowest BCUT2D eigenvalue weighted by Crippen LogP contribution is -2.30. The van der Waals surface area contributed by atoms with Crippen LogP contribution in [0.2, 0.25) is 0 Å². The van der Waals surface area contributed by atoms with Crippen LogP contribution in [0.3, 0.4) is 0 Å². The number of thiophene rings is 1. The van der Waals surface area contributed by atoms with Crippen molar-refractivity contribution in [2.75, 3.05) is 17.6 Å². The number of allylic oxidation sites excluding steroid dienone is 1. The van der Waals surface area contributed by atoms with Crippen LogP contribution < -0.4 is 16.4 Å². The molecular weight excluding hydrogens is 406 g/mol. The van der Waals surface area contributed by atoms with Gasteiger partial charge in [0.15, 0.2) is 0 Å². The summed E-state index contributed by atoms with van der Waals surface area (Å²) in [7, 11) is 0. The van der Waals surface area contributed by atoms with Crippen LogP contribution in [-0.4, -0.2) is 23.8 Å². The zero-order valence-electron chi connectivity index (χ0n) is 16.9.